The number of aliphatic carboxylic acids is 1. The Morgan fingerprint density at radius 3 is 2.71 bits per heavy atom. The van der Waals surface area contributed by atoms with Crippen LogP contribution >= 0.6 is 0 Å². The lowest BCUT2D eigenvalue weighted by Gasteiger charge is -2.02. The molecule has 4 nitrogen and oxygen atoms in total. The molecule has 0 fully saturated rings. The van der Waals surface area contributed by atoms with Crippen LogP contribution < -0.4 is 5.56 Å². The third kappa shape index (κ3) is 2.10. The molecule has 1 heterocycles. The van der Waals surface area contributed by atoms with Gasteiger partial charge in [-0.2, -0.15) is 0 Å². The number of carboxylic acids is 1. The summed E-state index contributed by atoms with van der Waals surface area (Å²) in [7, 11) is 1.65. The van der Waals surface area contributed by atoms with Gasteiger partial charge < -0.3 is 9.67 Å². The Hall–Kier alpha value is -1.84. The Balaban J connectivity index is 3.19. The normalized spacial score (nSPS) is 10.7. The highest BCUT2D eigenvalue weighted by atomic mass is 16.4. The molecule has 0 bridgehead atoms. The first kappa shape index (κ1) is 10.2. The number of rotatable bonds is 2. The summed E-state index contributed by atoms with van der Waals surface area (Å²) >= 11 is 0. The van der Waals surface area contributed by atoms with Crippen molar-refractivity contribution in [3.63, 3.8) is 0 Å². The number of pyridine rings is 1. The fourth-order valence-corrected chi connectivity index (χ4v) is 1.04. The summed E-state index contributed by atoms with van der Waals surface area (Å²) in [6.45, 7) is 1.81. The van der Waals surface area contributed by atoms with E-state index in [-0.39, 0.29) is 5.56 Å². The van der Waals surface area contributed by atoms with Crippen LogP contribution in [0.15, 0.2) is 23.0 Å². The van der Waals surface area contributed by atoms with Crippen LogP contribution in [0.1, 0.15) is 11.3 Å². The van der Waals surface area contributed by atoms with Crippen LogP contribution in [0.4, 0.5) is 0 Å². The molecule has 0 radical (unpaired) electrons. The van der Waals surface area contributed by atoms with E-state index in [1.165, 1.54) is 10.6 Å². The summed E-state index contributed by atoms with van der Waals surface area (Å²) in [5.41, 5.74) is 1.02. The molecule has 0 atom stereocenters. The van der Waals surface area contributed by atoms with Gasteiger partial charge in [-0.25, -0.2) is 4.79 Å². The molecule has 1 aromatic rings. The average Bonchev–Trinajstić information content (AvgIpc) is 2.13. The predicted molar refractivity (Wildman–Crippen MR) is 53.1 cm³/mol. The van der Waals surface area contributed by atoms with Crippen molar-refractivity contribution in [2.75, 3.05) is 0 Å². The van der Waals surface area contributed by atoms with Crippen LogP contribution in [0.3, 0.4) is 0 Å². The first-order valence-electron chi connectivity index (χ1n) is 4.10. The first-order chi connectivity index (χ1) is 6.52. The van der Waals surface area contributed by atoms with Crippen molar-refractivity contribution in [1.82, 2.24) is 4.57 Å². The highest BCUT2D eigenvalue weighted by molar-refractivity contribution is 5.85. The minimum atomic E-state index is -1.06. The van der Waals surface area contributed by atoms with E-state index in [0.29, 0.717) is 5.56 Å². The van der Waals surface area contributed by atoms with Crippen molar-refractivity contribution in [2.24, 2.45) is 7.05 Å². The minimum Gasteiger partial charge on any atom is -0.478 e. The fourth-order valence-electron chi connectivity index (χ4n) is 1.04. The fraction of sp³-hybridized carbons (Fsp3) is 0.200. The summed E-state index contributed by atoms with van der Waals surface area (Å²) < 4.78 is 1.47. The molecule has 4 heteroatoms. The Bertz CT molecular complexity index is 443. The lowest BCUT2D eigenvalue weighted by molar-refractivity contribution is -0.131. The molecule has 0 spiro atoms. The molecular formula is C10H11NO3. The second-order valence-electron chi connectivity index (χ2n) is 2.97. The van der Waals surface area contributed by atoms with Crippen molar-refractivity contribution in [3.8, 4) is 0 Å². The maximum Gasteiger partial charge on any atom is 0.328 e. The molecule has 0 saturated heterocycles. The molecule has 0 aromatic carbocycles. The number of carbonyl (C=O) groups is 1. The van der Waals surface area contributed by atoms with Gasteiger partial charge in [0, 0.05) is 24.4 Å². The lowest BCUT2D eigenvalue weighted by Crippen LogP contribution is -2.20. The van der Waals surface area contributed by atoms with E-state index in [4.69, 9.17) is 5.11 Å². The number of aromatic nitrogens is 1. The Kier molecular flexibility index (Phi) is 2.86. The van der Waals surface area contributed by atoms with Gasteiger partial charge in [0.2, 0.25) is 0 Å². The summed E-state index contributed by atoms with van der Waals surface area (Å²) in [6.07, 6.45) is 2.25. The third-order valence-corrected chi connectivity index (χ3v) is 1.99. The predicted octanol–water partition coefficient (Wildman–Crippen LogP) is 0.792. The van der Waals surface area contributed by atoms with Crippen LogP contribution in [0, 0.1) is 6.92 Å². The monoisotopic (exact) mass is 193 g/mol. The zero-order valence-electron chi connectivity index (χ0n) is 8.02. The molecular weight excluding hydrogens is 182 g/mol. The largest absolute Gasteiger partial charge is 0.478 e. The molecule has 0 unspecified atom stereocenters. The van der Waals surface area contributed by atoms with Gasteiger partial charge in [-0.3, -0.25) is 4.79 Å². The van der Waals surface area contributed by atoms with Gasteiger partial charge in [0.05, 0.1) is 0 Å². The van der Waals surface area contributed by atoms with Gasteiger partial charge in [-0.1, -0.05) is 0 Å². The maximum absolute atomic E-state index is 11.5. The van der Waals surface area contributed by atoms with E-state index < -0.39 is 5.97 Å². The van der Waals surface area contributed by atoms with Crippen LogP contribution in [0.25, 0.3) is 6.08 Å². The number of aryl methyl sites for hydroxylation is 1. The van der Waals surface area contributed by atoms with Crippen LogP contribution in [-0.4, -0.2) is 15.6 Å². The van der Waals surface area contributed by atoms with Gasteiger partial charge in [-0.05, 0) is 25.1 Å². The van der Waals surface area contributed by atoms with Gasteiger partial charge in [-0.15, -0.1) is 0 Å². The summed E-state index contributed by atoms with van der Waals surface area (Å²) in [5, 5.41) is 8.39. The van der Waals surface area contributed by atoms with Crippen molar-refractivity contribution >= 4 is 12.0 Å². The first-order valence-corrected chi connectivity index (χ1v) is 4.10. The molecule has 1 aromatic heterocycles. The topological polar surface area (TPSA) is 59.3 Å². The van der Waals surface area contributed by atoms with Crippen molar-refractivity contribution in [2.45, 2.75) is 6.92 Å². The van der Waals surface area contributed by atoms with Crippen molar-refractivity contribution < 1.29 is 9.90 Å². The standard InChI is InChI=1S/C10H11NO3/c1-7-3-4-8(5-6-9(12)13)10(14)11(7)2/h3-6H,1-2H3,(H,12,13)/b6-5+. The van der Waals surface area contributed by atoms with Gasteiger partial charge in [0.1, 0.15) is 0 Å². The second kappa shape index (κ2) is 3.91. The Morgan fingerprint density at radius 2 is 2.14 bits per heavy atom. The highest BCUT2D eigenvalue weighted by Gasteiger charge is 1.99. The molecule has 14 heavy (non-hydrogen) atoms. The van der Waals surface area contributed by atoms with Crippen molar-refractivity contribution in [1.29, 1.82) is 0 Å². The number of carboxylic acid groups (broad SMARTS) is 1. The zero-order chi connectivity index (χ0) is 10.7. The number of nitrogens with zero attached hydrogens (tertiary/aromatic N) is 1. The lowest BCUT2D eigenvalue weighted by atomic mass is 10.2. The summed E-state index contributed by atoms with van der Waals surface area (Å²) in [5.74, 6) is -1.06. The van der Waals surface area contributed by atoms with Gasteiger partial charge in [0.25, 0.3) is 5.56 Å². The Morgan fingerprint density at radius 1 is 1.50 bits per heavy atom. The van der Waals surface area contributed by atoms with Crippen LogP contribution in [0.2, 0.25) is 0 Å². The van der Waals surface area contributed by atoms with E-state index in [0.717, 1.165) is 11.8 Å². The highest BCUT2D eigenvalue weighted by Crippen LogP contribution is 1.98. The van der Waals surface area contributed by atoms with E-state index in [9.17, 15) is 9.59 Å². The third-order valence-electron chi connectivity index (χ3n) is 1.99. The van der Waals surface area contributed by atoms with E-state index in [1.54, 1.807) is 19.2 Å². The van der Waals surface area contributed by atoms with Crippen LogP contribution in [0.5, 0.6) is 0 Å². The maximum atomic E-state index is 11.5. The quantitative estimate of drug-likeness (QED) is 0.706. The minimum absolute atomic E-state index is 0.192. The SMILES string of the molecule is Cc1ccc(/C=C/C(=O)O)c(=O)n1C. The molecule has 0 amide bonds. The van der Waals surface area contributed by atoms with Gasteiger partial charge >= 0.3 is 5.97 Å². The van der Waals surface area contributed by atoms with E-state index in [2.05, 4.69) is 0 Å². The molecule has 1 N–H and O–H groups in total. The molecule has 1 rings (SSSR count). The average molecular weight is 193 g/mol. The van der Waals surface area contributed by atoms with Gasteiger partial charge in [0.15, 0.2) is 0 Å². The van der Waals surface area contributed by atoms with Crippen LogP contribution in [-0.2, 0) is 11.8 Å². The molecule has 0 saturated carbocycles. The number of hydrogen-bond donors (Lipinski definition) is 1. The molecule has 74 valence electrons. The van der Waals surface area contributed by atoms with E-state index in [1.807, 2.05) is 6.92 Å². The summed E-state index contributed by atoms with van der Waals surface area (Å²) in [6, 6.07) is 3.38. The smallest absolute Gasteiger partial charge is 0.328 e. The zero-order valence-corrected chi connectivity index (χ0v) is 8.02. The molecule has 0 aliphatic heterocycles. The van der Waals surface area contributed by atoms with Crippen molar-refractivity contribution in [3.05, 3.63) is 39.8 Å². The molecule has 0 aliphatic carbocycles. The Labute approximate surface area is 81.1 Å². The second-order valence-corrected chi connectivity index (χ2v) is 2.97. The summed E-state index contributed by atoms with van der Waals surface area (Å²) in [4.78, 5) is 21.8. The number of hydrogen-bond acceptors (Lipinski definition) is 2. The molecule has 0 aliphatic rings. The van der Waals surface area contributed by atoms with E-state index >= 15 is 0 Å².